The van der Waals surface area contributed by atoms with Gasteiger partial charge in [-0.05, 0) is 164 Å². The van der Waals surface area contributed by atoms with E-state index in [2.05, 4.69) is 0 Å². The highest BCUT2D eigenvalue weighted by Crippen LogP contribution is 2.46. The zero-order chi connectivity index (χ0) is 35.5. The van der Waals surface area contributed by atoms with Gasteiger partial charge < -0.3 is 14.7 Å². The van der Waals surface area contributed by atoms with Crippen molar-refractivity contribution in [1.29, 1.82) is 0 Å². The van der Waals surface area contributed by atoms with E-state index in [0.29, 0.717) is 51.2 Å². The van der Waals surface area contributed by atoms with Crippen molar-refractivity contribution in [3.8, 4) is 0 Å². The molecule has 0 aliphatic carbocycles. The number of hydrogen-bond acceptors (Lipinski definition) is 3. The smallest absolute Gasteiger partial charge is 0.123 e. The van der Waals surface area contributed by atoms with Crippen molar-refractivity contribution in [2.24, 2.45) is 0 Å². The molecule has 0 radical (unpaired) electrons. The van der Waals surface area contributed by atoms with E-state index in [1.165, 1.54) is 72.8 Å². The lowest BCUT2D eigenvalue weighted by molar-refractivity contribution is 0.627. The van der Waals surface area contributed by atoms with Gasteiger partial charge in [-0.2, -0.15) is 0 Å². The second-order valence-corrected chi connectivity index (χ2v) is 11.6. The van der Waals surface area contributed by atoms with Crippen LogP contribution in [0.25, 0.3) is 0 Å². The molecule has 3 nitrogen and oxygen atoms in total. The minimum Gasteiger partial charge on any atom is -0.310 e. The van der Waals surface area contributed by atoms with Gasteiger partial charge in [-0.25, -0.2) is 26.3 Å². The van der Waals surface area contributed by atoms with Crippen molar-refractivity contribution in [3.05, 3.63) is 199 Å². The van der Waals surface area contributed by atoms with Crippen LogP contribution in [0, 0.1) is 34.9 Å². The number of hydrogen-bond donors (Lipinski definition) is 0. The number of benzene rings is 7. The Hall–Kier alpha value is -6.48. The van der Waals surface area contributed by atoms with E-state index < -0.39 is 34.9 Å². The van der Waals surface area contributed by atoms with E-state index >= 15 is 0 Å². The van der Waals surface area contributed by atoms with Crippen LogP contribution in [0.15, 0.2) is 164 Å². The maximum absolute atomic E-state index is 14.2. The first-order valence-corrected chi connectivity index (χ1v) is 15.8. The summed E-state index contributed by atoms with van der Waals surface area (Å²) in [6.45, 7) is 0. The fraction of sp³-hybridized carbons (Fsp3) is 0. The van der Waals surface area contributed by atoms with Crippen LogP contribution in [0.2, 0.25) is 0 Å². The Morgan fingerprint density at radius 1 is 0.196 bits per heavy atom. The lowest BCUT2D eigenvalue weighted by atomic mass is 10.1. The van der Waals surface area contributed by atoms with E-state index in [1.807, 2.05) is 18.2 Å². The van der Waals surface area contributed by atoms with Gasteiger partial charge in [0.2, 0.25) is 0 Å². The second-order valence-electron chi connectivity index (χ2n) is 11.6. The first-order valence-electron chi connectivity index (χ1n) is 15.8. The molecule has 252 valence electrons. The molecule has 0 bridgehead atoms. The van der Waals surface area contributed by atoms with Gasteiger partial charge in [0.15, 0.2) is 0 Å². The molecule has 0 aliphatic rings. The summed E-state index contributed by atoms with van der Waals surface area (Å²) in [6.07, 6.45) is 0. The monoisotopic (exact) mass is 687 g/mol. The average molecular weight is 688 g/mol. The highest BCUT2D eigenvalue weighted by atomic mass is 19.1. The van der Waals surface area contributed by atoms with Gasteiger partial charge in [0.05, 0.1) is 17.1 Å². The topological polar surface area (TPSA) is 9.72 Å². The normalized spacial score (nSPS) is 10.9. The molecule has 0 N–H and O–H groups in total. The van der Waals surface area contributed by atoms with Crippen molar-refractivity contribution < 1.29 is 26.3 Å². The Labute approximate surface area is 290 Å². The highest BCUT2D eigenvalue weighted by Gasteiger charge is 2.22. The summed E-state index contributed by atoms with van der Waals surface area (Å²) in [4.78, 5) is 5.40. The molecule has 7 aromatic carbocycles. The molecule has 0 aromatic heterocycles. The number of anilines is 9. The third kappa shape index (κ3) is 7.28. The number of rotatable bonds is 9. The minimum atomic E-state index is -0.454. The molecule has 9 heteroatoms. The summed E-state index contributed by atoms with van der Waals surface area (Å²) in [5, 5.41) is 0. The number of halogens is 6. The van der Waals surface area contributed by atoms with E-state index in [-0.39, 0.29) is 0 Å². The molecule has 0 heterocycles. The summed E-state index contributed by atoms with van der Waals surface area (Å²) >= 11 is 0. The molecule has 0 spiro atoms. The average Bonchev–Trinajstić information content (AvgIpc) is 3.13. The van der Waals surface area contributed by atoms with E-state index in [9.17, 15) is 26.3 Å². The third-order valence-corrected chi connectivity index (χ3v) is 8.17. The first kappa shape index (κ1) is 33.0. The zero-order valence-electron chi connectivity index (χ0n) is 26.7. The van der Waals surface area contributed by atoms with Gasteiger partial charge in [-0.15, -0.1) is 0 Å². The van der Waals surface area contributed by atoms with Crippen LogP contribution in [0.1, 0.15) is 0 Å². The van der Waals surface area contributed by atoms with Crippen LogP contribution in [-0.2, 0) is 0 Å². The van der Waals surface area contributed by atoms with Crippen LogP contribution in [-0.4, -0.2) is 0 Å². The molecular weight excluding hydrogens is 660 g/mol. The van der Waals surface area contributed by atoms with Gasteiger partial charge in [-0.1, -0.05) is 0 Å². The minimum absolute atomic E-state index is 0.454. The van der Waals surface area contributed by atoms with Crippen molar-refractivity contribution in [2.45, 2.75) is 0 Å². The summed E-state index contributed by atoms with van der Waals surface area (Å²) in [5.41, 5.74) is 4.78. The zero-order valence-corrected chi connectivity index (χ0v) is 26.7. The largest absolute Gasteiger partial charge is 0.310 e. The van der Waals surface area contributed by atoms with Gasteiger partial charge in [0.25, 0.3) is 0 Å². The Bertz CT molecular complexity index is 1830. The Morgan fingerprint density at radius 3 is 0.471 bits per heavy atom. The van der Waals surface area contributed by atoms with Crippen LogP contribution in [0.3, 0.4) is 0 Å². The Balaban J connectivity index is 1.54. The number of nitrogens with zero attached hydrogens (tertiary/aromatic N) is 3. The fourth-order valence-corrected chi connectivity index (χ4v) is 5.85. The molecule has 0 aliphatic heterocycles. The van der Waals surface area contributed by atoms with E-state index in [4.69, 9.17) is 0 Å². The molecule has 0 unspecified atom stereocenters. The lowest BCUT2D eigenvalue weighted by Gasteiger charge is -2.33. The summed E-state index contributed by atoms with van der Waals surface area (Å²) in [5.74, 6) is -2.72. The van der Waals surface area contributed by atoms with Gasteiger partial charge >= 0.3 is 0 Å². The fourth-order valence-electron chi connectivity index (χ4n) is 5.85. The molecule has 51 heavy (non-hydrogen) atoms. The Morgan fingerprint density at radius 2 is 0.333 bits per heavy atom. The molecular formula is C42H27F6N3. The van der Waals surface area contributed by atoms with Gasteiger partial charge in [0.1, 0.15) is 34.9 Å². The SMILES string of the molecule is Fc1ccc(N(c2ccc(F)cc2)c2cc(N(c3ccc(F)cc3)c3ccc(F)cc3)cc(N(c3ccc(F)cc3)c3ccc(F)cc3)c2)cc1. The van der Waals surface area contributed by atoms with Gasteiger partial charge in [0, 0.05) is 34.1 Å². The van der Waals surface area contributed by atoms with Crippen LogP contribution in [0.5, 0.6) is 0 Å². The molecule has 0 atom stereocenters. The summed E-state index contributed by atoms with van der Waals surface area (Å²) in [7, 11) is 0. The predicted octanol–water partition coefficient (Wildman–Crippen LogP) is 12.9. The van der Waals surface area contributed by atoms with Crippen molar-refractivity contribution in [2.75, 3.05) is 14.7 Å². The highest BCUT2D eigenvalue weighted by molar-refractivity contribution is 5.89. The van der Waals surface area contributed by atoms with E-state index in [0.717, 1.165) is 0 Å². The van der Waals surface area contributed by atoms with Crippen LogP contribution < -0.4 is 14.7 Å². The quantitative estimate of drug-likeness (QED) is 0.140. The van der Waals surface area contributed by atoms with Crippen molar-refractivity contribution >= 4 is 51.2 Å². The first-order chi connectivity index (χ1) is 24.7. The van der Waals surface area contributed by atoms with Crippen LogP contribution in [0.4, 0.5) is 77.5 Å². The molecule has 0 amide bonds. The van der Waals surface area contributed by atoms with Crippen LogP contribution >= 0.6 is 0 Å². The van der Waals surface area contributed by atoms with Crippen molar-refractivity contribution in [3.63, 3.8) is 0 Å². The maximum atomic E-state index is 14.2. The standard InChI is InChI=1S/C42H27F6N3/c43-28-1-13-34(14-2-28)49(35-15-3-29(44)4-16-35)40-25-41(50(36-17-5-30(45)6-18-36)37-19-7-31(46)8-20-37)27-42(26-40)51(38-21-9-32(47)10-22-38)39-23-11-33(48)12-24-39/h1-27H. The maximum Gasteiger partial charge on any atom is 0.123 e. The molecule has 0 saturated heterocycles. The van der Waals surface area contributed by atoms with E-state index in [1.54, 1.807) is 87.5 Å². The molecule has 7 aromatic rings. The van der Waals surface area contributed by atoms with Gasteiger partial charge in [-0.3, -0.25) is 0 Å². The van der Waals surface area contributed by atoms with Crippen molar-refractivity contribution in [1.82, 2.24) is 0 Å². The molecule has 0 saturated carbocycles. The third-order valence-electron chi connectivity index (χ3n) is 8.17. The Kier molecular flexibility index (Phi) is 9.18. The molecule has 0 fully saturated rings. The lowest BCUT2D eigenvalue weighted by Crippen LogP contribution is -2.16. The predicted molar refractivity (Wildman–Crippen MR) is 190 cm³/mol. The summed E-state index contributed by atoms with van der Waals surface area (Å²) in [6, 6.07) is 40.2. The molecule has 7 rings (SSSR count). The summed E-state index contributed by atoms with van der Waals surface area (Å²) < 4.78 is 85.3. The second kappa shape index (κ2) is 14.2.